The van der Waals surface area contributed by atoms with E-state index in [9.17, 15) is 4.79 Å². The molecule has 1 fully saturated rings. The van der Waals surface area contributed by atoms with Crippen molar-refractivity contribution < 1.29 is 4.79 Å². The summed E-state index contributed by atoms with van der Waals surface area (Å²) in [5, 5.41) is 2.79. The van der Waals surface area contributed by atoms with Crippen LogP contribution < -0.4 is 5.32 Å². The summed E-state index contributed by atoms with van der Waals surface area (Å²) in [6.45, 7) is 4.38. The normalized spacial score (nSPS) is 15.7. The molecule has 1 heterocycles. The van der Waals surface area contributed by atoms with E-state index in [1.807, 2.05) is 30.3 Å². The summed E-state index contributed by atoms with van der Waals surface area (Å²) < 4.78 is 0. The van der Waals surface area contributed by atoms with Crippen LogP contribution in [0, 0.1) is 6.54 Å². The highest BCUT2D eigenvalue weighted by atomic mass is 16.2. The fraction of sp³-hybridized carbons (Fsp3) is 0.333. The lowest BCUT2D eigenvalue weighted by Crippen LogP contribution is -2.43. The highest BCUT2D eigenvalue weighted by molar-refractivity contribution is 5.79. The van der Waals surface area contributed by atoms with E-state index < -0.39 is 0 Å². The second kappa shape index (κ2) is 4.94. The predicted molar refractivity (Wildman–Crippen MR) is 59.0 cm³/mol. The molecule has 3 nitrogen and oxygen atoms in total. The van der Waals surface area contributed by atoms with Crippen LogP contribution in [0.2, 0.25) is 0 Å². The Kier molecular flexibility index (Phi) is 3.35. The van der Waals surface area contributed by atoms with Gasteiger partial charge in [0.15, 0.2) is 0 Å². The molecule has 1 amide bonds. The van der Waals surface area contributed by atoms with Crippen molar-refractivity contribution in [2.24, 2.45) is 0 Å². The number of rotatable bonds is 4. The van der Waals surface area contributed by atoms with E-state index in [4.69, 9.17) is 0 Å². The Hall–Kier alpha value is -1.35. The highest BCUT2D eigenvalue weighted by Crippen LogP contribution is 2.04. The average Bonchev–Trinajstić information content (AvgIpc) is 2.22. The smallest absolute Gasteiger partial charge is 0.234 e. The Morgan fingerprint density at radius 2 is 2.07 bits per heavy atom. The Bertz CT molecular complexity index is 320. The maximum atomic E-state index is 11.4. The maximum Gasteiger partial charge on any atom is 0.234 e. The number of likely N-dealkylation sites (tertiary alicyclic amines) is 1. The Morgan fingerprint density at radius 1 is 1.33 bits per heavy atom. The number of carbonyl (C=O) groups excluding carboxylic acids is 1. The molecule has 1 N–H and O–H groups in total. The quantitative estimate of drug-likeness (QED) is 0.792. The summed E-state index contributed by atoms with van der Waals surface area (Å²) in [6.07, 6.45) is 1.22. The largest absolute Gasteiger partial charge is 0.346 e. The highest BCUT2D eigenvalue weighted by Gasteiger charge is 2.16. The van der Waals surface area contributed by atoms with Crippen LogP contribution >= 0.6 is 0 Å². The fourth-order valence-electron chi connectivity index (χ4n) is 1.50. The number of benzene rings is 1. The van der Waals surface area contributed by atoms with Crippen LogP contribution in [0.1, 0.15) is 12.0 Å². The molecule has 0 bridgehead atoms. The van der Waals surface area contributed by atoms with Gasteiger partial charge in [0.05, 0.1) is 13.1 Å². The zero-order chi connectivity index (χ0) is 10.5. The van der Waals surface area contributed by atoms with Gasteiger partial charge in [-0.05, 0) is 25.1 Å². The third-order valence-electron chi connectivity index (χ3n) is 2.52. The Morgan fingerprint density at radius 3 is 2.67 bits per heavy atom. The van der Waals surface area contributed by atoms with E-state index in [1.165, 1.54) is 6.42 Å². The molecule has 1 aliphatic heterocycles. The first-order chi connectivity index (χ1) is 7.34. The molecule has 79 valence electrons. The van der Waals surface area contributed by atoms with Gasteiger partial charge in [-0.25, -0.2) is 0 Å². The summed E-state index contributed by atoms with van der Waals surface area (Å²) in [6, 6.07) is 9.79. The van der Waals surface area contributed by atoms with Gasteiger partial charge in [0, 0.05) is 0 Å². The summed E-state index contributed by atoms with van der Waals surface area (Å²) in [5.74, 6) is 0.0681. The van der Waals surface area contributed by atoms with E-state index in [0.717, 1.165) is 18.7 Å². The van der Waals surface area contributed by atoms with Gasteiger partial charge >= 0.3 is 0 Å². The molecule has 0 saturated carbocycles. The summed E-state index contributed by atoms with van der Waals surface area (Å²) in [7, 11) is 0. The molecule has 0 spiro atoms. The molecule has 1 radical (unpaired) electrons. The van der Waals surface area contributed by atoms with Crippen LogP contribution in [0.25, 0.3) is 0 Å². The molecule has 0 unspecified atom stereocenters. The van der Waals surface area contributed by atoms with Crippen molar-refractivity contribution in [3.8, 4) is 0 Å². The summed E-state index contributed by atoms with van der Waals surface area (Å²) in [4.78, 5) is 13.6. The monoisotopic (exact) mass is 203 g/mol. The van der Waals surface area contributed by atoms with E-state index in [2.05, 4.69) is 10.2 Å². The number of nitrogens with zero attached hydrogens (tertiary/aromatic N) is 1. The van der Waals surface area contributed by atoms with E-state index in [0.29, 0.717) is 6.54 Å². The lowest BCUT2D eigenvalue weighted by atomic mass is 10.2. The van der Waals surface area contributed by atoms with Crippen molar-refractivity contribution in [1.29, 1.82) is 0 Å². The predicted octanol–water partition coefficient (Wildman–Crippen LogP) is 1.02. The van der Waals surface area contributed by atoms with Gasteiger partial charge in [-0.15, -0.1) is 0 Å². The van der Waals surface area contributed by atoms with E-state index in [1.54, 1.807) is 6.54 Å². The van der Waals surface area contributed by atoms with Crippen LogP contribution in [-0.4, -0.2) is 30.4 Å². The third kappa shape index (κ3) is 3.06. The van der Waals surface area contributed by atoms with Crippen molar-refractivity contribution in [3.05, 3.63) is 42.4 Å². The Balaban J connectivity index is 1.71. The Labute approximate surface area is 90.1 Å². The van der Waals surface area contributed by atoms with Gasteiger partial charge in [0.2, 0.25) is 5.91 Å². The van der Waals surface area contributed by atoms with Crippen LogP contribution in [0.5, 0.6) is 0 Å². The first-order valence-electron chi connectivity index (χ1n) is 5.24. The maximum absolute atomic E-state index is 11.4. The van der Waals surface area contributed by atoms with E-state index in [-0.39, 0.29) is 5.91 Å². The lowest BCUT2D eigenvalue weighted by molar-refractivity contribution is -0.122. The number of hydrogen-bond donors (Lipinski definition) is 1. The zero-order valence-corrected chi connectivity index (χ0v) is 8.65. The van der Waals surface area contributed by atoms with Crippen molar-refractivity contribution >= 4 is 5.91 Å². The second-order valence-electron chi connectivity index (χ2n) is 3.75. The van der Waals surface area contributed by atoms with Crippen molar-refractivity contribution in [3.63, 3.8) is 0 Å². The minimum absolute atomic E-state index is 0.0681. The average molecular weight is 203 g/mol. The van der Waals surface area contributed by atoms with Gasteiger partial charge in [0.1, 0.15) is 0 Å². The molecule has 1 saturated heterocycles. The molecule has 3 heteroatoms. The molecule has 2 rings (SSSR count). The van der Waals surface area contributed by atoms with Crippen molar-refractivity contribution in [1.82, 2.24) is 10.2 Å². The SMILES string of the molecule is O=C(CN1CCC1)N[CH]c1ccccc1. The molecule has 15 heavy (non-hydrogen) atoms. The first kappa shape index (κ1) is 10.2. The topological polar surface area (TPSA) is 32.3 Å². The lowest BCUT2D eigenvalue weighted by Gasteiger charge is -2.29. The molecule has 0 aromatic heterocycles. The molecule has 1 aliphatic rings. The number of amides is 1. The number of carbonyl (C=O) groups is 1. The molecule has 0 aliphatic carbocycles. The third-order valence-corrected chi connectivity index (χ3v) is 2.52. The van der Waals surface area contributed by atoms with Crippen LogP contribution in [0.3, 0.4) is 0 Å². The van der Waals surface area contributed by atoms with Crippen LogP contribution in [0.4, 0.5) is 0 Å². The second-order valence-corrected chi connectivity index (χ2v) is 3.75. The number of nitrogens with one attached hydrogen (secondary N) is 1. The number of hydrogen-bond acceptors (Lipinski definition) is 2. The minimum Gasteiger partial charge on any atom is -0.346 e. The van der Waals surface area contributed by atoms with Gasteiger partial charge in [0.25, 0.3) is 0 Å². The van der Waals surface area contributed by atoms with Crippen molar-refractivity contribution in [2.75, 3.05) is 19.6 Å². The van der Waals surface area contributed by atoms with Crippen molar-refractivity contribution in [2.45, 2.75) is 6.42 Å². The fourth-order valence-corrected chi connectivity index (χ4v) is 1.50. The molecule has 1 aromatic rings. The first-order valence-corrected chi connectivity index (χ1v) is 5.24. The summed E-state index contributed by atoms with van der Waals surface area (Å²) in [5.41, 5.74) is 1.02. The van der Waals surface area contributed by atoms with E-state index >= 15 is 0 Å². The molecule has 0 atom stereocenters. The van der Waals surface area contributed by atoms with Gasteiger partial charge in [-0.3, -0.25) is 9.69 Å². The molecule has 1 aromatic carbocycles. The minimum atomic E-state index is 0.0681. The van der Waals surface area contributed by atoms with Gasteiger partial charge in [-0.1, -0.05) is 30.3 Å². The standard InChI is InChI=1S/C12H15N2O/c15-12(10-14-7-4-8-14)13-9-11-5-2-1-3-6-11/h1-3,5-6,9H,4,7-8,10H2,(H,13,15). The molecular weight excluding hydrogens is 188 g/mol. The van der Waals surface area contributed by atoms with Crippen LogP contribution in [-0.2, 0) is 4.79 Å². The zero-order valence-electron chi connectivity index (χ0n) is 8.65. The van der Waals surface area contributed by atoms with Gasteiger partial charge in [-0.2, -0.15) is 0 Å². The van der Waals surface area contributed by atoms with Crippen LogP contribution in [0.15, 0.2) is 30.3 Å². The molecular formula is C12H15N2O. The van der Waals surface area contributed by atoms with Gasteiger partial charge < -0.3 is 5.32 Å². The summed E-state index contributed by atoms with van der Waals surface area (Å²) >= 11 is 0.